The Bertz CT molecular complexity index is 650. The first-order chi connectivity index (χ1) is 9.92. The maximum absolute atomic E-state index is 13.4. The van der Waals surface area contributed by atoms with Crippen LogP contribution in [0.1, 0.15) is 5.56 Å². The van der Waals surface area contributed by atoms with Crippen LogP contribution in [0.25, 0.3) is 0 Å². The zero-order chi connectivity index (χ0) is 15.6. The molecule has 0 amide bonds. The average Bonchev–Trinajstić information content (AvgIpc) is 2.44. The Morgan fingerprint density at radius 2 is 1.57 bits per heavy atom. The van der Waals surface area contributed by atoms with Crippen molar-refractivity contribution < 1.29 is 27.0 Å². The molecule has 2 aromatic rings. The van der Waals surface area contributed by atoms with Gasteiger partial charge in [0.05, 0.1) is 7.11 Å². The van der Waals surface area contributed by atoms with E-state index in [1.54, 1.807) is 0 Å². The lowest BCUT2D eigenvalue weighted by Crippen LogP contribution is -2.04. The number of nitrogen functional groups attached to an aromatic ring is 1. The van der Waals surface area contributed by atoms with Gasteiger partial charge in [0.1, 0.15) is 12.4 Å². The minimum Gasteiger partial charge on any atom is -0.497 e. The molecule has 0 aliphatic carbocycles. The van der Waals surface area contributed by atoms with Crippen molar-refractivity contribution in [1.82, 2.24) is 0 Å². The summed E-state index contributed by atoms with van der Waals surface area (Å²) in [7, 11) is 1.42. The van der Waals surface area contributed by atoms with Crippen LogP contribution in [0.3, 0.4) is 0 Å². The Balaban J connectivity index is 2.26. The molecule has 0 fully saturated rings. The summed E-state index contributed by atoms with van der Waals surface area (Å²) in [5.74, 6) is -6.95. The number of nitrogens with two attached hydrogens (primary N) is 1. The second kappa shape index (κ2) is 5.90. The second-order valence-electron chi connectivity index (χ2n) is 4.20. The number of halogens is 4. The van der Waals surface area contributed by atoms with Gasteiger partial charge in [-0.25, -0.2) is 8.78 Å². The number of hydrogen-bond donors (Lipinski definition) is 1. The first kappa shape index (κ1) is 15.0. The zero-order valence-corrected chi connectivity index (χ0v) is 10.9. The first-order valence-electron chi connectivity index (χ1n) is 5.81. The van der Waals surface area contributed by atoms with Crippen molar-refractivity contribution in [3.63, 3.8) is 0 Å². The van der Waals surface area contributed by atoms with E-state index >= 15 is 0 Å². The van der Waals surface area contributed by atoms with Gasteiger partial charge in [0, 0.05) is 17.8 Å². The Hall–Kier alpha value is -2.44. The van der Waals surface area contributed by atoms with Crippen LogP contribution < -0.4 is 15.2 Å². The SMILES string of the molecule is COc1cc(N)cc(COc2c(F)c(F)cc(F)c2F)c1. The predicted molar refractivity (Wildman–Crippen MR) is 68.0 cm³/mol. The molecule has 0 saturated carbocycles. The van der Waals surface area contributed by atoms with Gasteiger partial charge in [-0.1, -0.05) is 0 Å². The molecule has 0 atom stereocenters. The lowest BCUT2D eigenvalue weighted by molar-refractivity contribution is 0.261. The van der Waals surface area contributed by atoms with E-state index in [1.807, 2.05) is 0 Å². The van der Waals surface area contributed by atoms with Gasteiger partial charge in [-0.2, -0.15) is 8.78 Å². The smallest absolute Gasteiger partial charge is 0.203 e. The van der Waals surface area contributed by atoms with Gasteiger partial charge < -0.3 is 15.2 Å². The molecule has 2 aromatic carbocycles. The first-order valence-corrected chi connectivity index (χ1v) is 5.81. The van der Waals surface area contributed by atoms with Crippen molar-refractivity contribution in [2.75, 3.05) is 12.8 Å². The Labute approximate surface area is 117 Å². The molecule has 0 spiro atoms. The molecule has 21 heavy (non-hydrogen) atoms. The number of benzene rings is 2. The van der Waals surface area contributed by atoms with Crippen molar-refractivity contribution in [2.45, 2.75) is 6.61 Å². The van der Waals surface area contributed by atoms with E-state index in [0.29, 0.717) is 17.0 Å². The maximum atomic E-state index is 13.4. The Kier molecular flexibility index (Phi) is 4.21. The van der Waals surface area contributed by atoms with Gasteiger partial charge in [0.15, 0.2) is 17.4 Å². The molecule has 0 radical (unpaired) electrons. The molecular weight excluding hydrogens is 290 g/mol. The van der Waals surface area contributed by atoms with Gasteiger partial charge in [-0.05, 0) is 17.7 Å². The third-order valence-corrected chi connectivity index (χ3v) is 2.68. The molecule has 0 aliphatic rings. The normalized spacial score (nSPS) is 10.5. The Morgan fingerprint density at radius 1 is 0.952 bits per heavy atom. The quantitative estimate of drug-likeness (QED) is 0.535. The van der Waals surface area contributed by atoms with Crippen LogP contribution in [0.15, 0.2) is 24.3 Å². The molecule has 2 rings (SSSR count). The number of anilines is 1. The van der Waals surface area contributed by atoms with Crippen LogP contribution >= 0.6 is 0 Å². The fourth-order valence-electron chi connectivity index (χ4n) is 1.72. The largest absolute Gasteiger partial charge is 0.497 e. The fourth-order valence-corrected chi connectivity index (χ4v) is 1.72. The molecule has 112 valence electrons. The monoisotopic (exact) mass is 301 g/mol. The molecule has 7 heteroatoms. The molecule has 0 bridgehead atoms. The molecule has 0 unspecified atom stereocenters. The fraction of sp³-hybridized carbons (Fsp3) is 0.143. The predicted octanol–water partition coefficient (Wildman–Crippen LogP) is 3.41. The summed E-state index contributed by atoms with van der Waals surface area (Å²) in [6.07, 6.45) is 0. The van der Waals surface area contributed by atoms with Crippen LogP contribution in [-0.4, -0.2) is 7.11 Å². The van der Waals surface area contributed by atoms with E-state index in [0.717, 1.165) is 0 Å². The summed E-state index contributed by atoms with van der Waals surface area (Å²) < 4.78 is 62.7. The lowest BCUT2D eigenvalue weighted by Gasteiger charge is -2.11. The van der Waals surface area contributed by atoms with E-state index in [4.69, 9.17) is 15.2 Å². The van der Waals surface area contributed by atoms with E-state index in [2.05, 4.69) is 0 Å². The highest BCUT2D eigenvalue weighted by Gasteiger charge is 2.20. The Morgan fingerprint density at radius 3 is 2.14 bits per heavy atom. The zero-order valence-electron chi connectivity index (χ0n) is 10.9. The van der Waals surface area contributed by atoms with Crippen LogP contribution in [0, 0.1) is 23.3 Å². The summed E-state index contributed by atoms with van der Waals surface area (Å²) in [4.78, 5) is 0. The third-order valence-electron chi connectivity index (χ3n) is 2.68. The lowest BCUT2D eigenvalue weighted by atomic mass is 10.2. The van der Waals surface area contributed by atoms with E-state index in [1.165, 1.54) is 25.3 Å². The highest BCUT2D eigenvalue weighted by atomic mass is 19.2. The molecule has 3 nitrogen and oxygen atoms in total. The van der Waals surface area contributed by atoms with Crippen molar-refractivity contribution in [3.8, 4) is 11.5 Å². The summed E-state index contributed by atoms with van der Waals surface area (Å²) in [5.41, 5.74) is 6.38. The maximum Gasteiger partial charge on any atom is 0.203 e. The van der Waals surface area contributed by atoms with Crippen LogP contribution in [0.5, 0.6) is 11.5 Å². The van der Waals surface area contributed by atoms with Gasteiger partial charge in [0.25, 0.3) is 0 Å². The van der Waals surface area contributed by atoms with Gasteiger partial charge in [-0.3, -0.25) is 0 Å². The highest BCUT2D eigenvalue weighted by Crippen LogP contribution is 2.28. The number of rotatable bonds is 4. The molecule has 0 heterocycles. The standard InChI is InChI=1S/C14H11F4NO2/c1-20-9-3-7(2-8(19)4-9)6-21-14-12(17)10(15)5-11(16)13(14)18/h2-5H,6,19H2,1H3. The van der Waals surface area contributed by atoms with Crippen molar-refractivity contribution in [1.29, 1.82) is 0 Å². The number of hydrogen-bond acceptors (Lipinski definition) is 3. The molecular formula is C14H11F4NO2. The van der Waals surface area contributed by atoms with Crippen molar-refractivity contribution in [2.24, 2.45) is 0 Å². The average molecular weight is 301 g/mol. The van der Waals surface area contributed by atoms with E-state index in [9.17, 15) is 17.6 Å². The van der Waals surface area contributed by atoms with Crippen LogP contribution in [-0.2, 0) is 6.61 Å². The van der Waals surface area contributed by atoms with Crippen LogP contribution in [0.2, 0.25) is 0 Å². The number of methoxy groups -OCH3 is 1. The van der Waals surface area contributed by atoms with E-state index in [-0.39, 0.29) is 12.7 Å². The van der Waals surface area contributed by atoms with Gasteiger partial charge in [-0.15, -0.1) is 0 Å². The molecule has 0 aromatic heterocycles. The highest BCUT2D eigenvalue weighted by molar-refractivity contribution is 5.47. The minimum atomic E-state index is -1.59. The topological polar surface area (TPSA) is 44.5 Å². The molecule has 2 N–H and O–H groups in total. The molecule has 0 aliphatic heterocycles. The van der Waals surface area contributed by atoms with Crippen molar-refractivity contribution >= 4 is 5.69 Å². The van der Waals surface area contributed by atoms with Crippen LogP contribution in [0.4, 0.5) is 23.2 Å². The summed E-state index contributed by atoms with van der Waals surface area (Å²) in [6, 6.07) is 4.64. The summed E-state index contributed by atoms with van der Waals surface area (Å²) in [6.45, 7) is -0.335. The van der Waals surface area contributed by atoms with Gasteiger partial charge in [0.2, 0.25) is 11.6 Å². The number of ether oxygens (including phenoxy) is 2. The summed E-state index contributed by atoms with van der Waals surface area (Å²) >= 11 is 0. The van der Waals surface area contributed by atoms with Gasteiger partial charge >= 0.3 is 0 Å². The second-order valence-corrected chi connectivity index (χ2v) is 4.20. The van der Waals surface area contributed by atoms with Crippen molar-refractivity contribution in [3.05, 3.63) is 53.1 Å². The third kappa shape index (κ3) is 3.18. The minimum absolute atomic E-state index is 0.112. The summed E-state index contributed by atoms with van der Waals surface area (Å²) in [5, 5.41) is 0. The van der Waals surface area contributed by atoms with E-state index < -0.39 is 29.0 Å². The molecule has 0 saturated heterocycles.